The molecule has 26 heavy (non-hydrogen) atoms. The quantitative estimate of drug-likeness (QED) is 0.703. The van der Waals surface area contributed by atoms with E-state index in [0.29, 0.717) is 11.4 Å². The molecule has 0 aliphatic carbocycles. The molecule has 0 saturated heterocycles. The summed E-state index contributed by atoms with van der Waals surface area (Å²) in [4.78, 5) is 26.6. The summed E-state index contributed by atoms with van der Waals surface area (Å²) in [7, 11) is 0. The zero-order valence-corrected chi connectivity index (χ0v) is 15.5. The zero-order valence-electron chi connectivity index (χ0n) is 14.7. The molecule has 0 spiro atoms. The molecule has 1 heterocycles. The van der Waals surface area contributed by atoms with Gasteiger partial charge in [0.15, 0.2) is 0 Å². The van der Waals surface area contributed by atoms with Crippen LogP contribution in [0.2, 0.25) is 0 Å². The van der Waals surface area contributed by atoms with Gasteiger partial charge in [-0.2, -0.15) is 0 Å². The van der Waals surface area contributed by atoms with Gasteiger partial charge in [-0.3, -0.25) is 9.59 Å². The van der Waals surface area contributed by atoms with E-state index in [1.807, 2.05) is 73.0 Å². The maximum Gasteiger partial charge on any atom is 0.268 e. The Bertz CT molecular complexity index is 885. The highest BCUT2D eigenvalue weighted by molar-refractivity contribution is 7.12. The molecule has 5 heteroatoms. The minimum atomic E-state index is -0.105. The van der Waals surface area contributed by atoms with Crippen molar-refractivity contribution in [3.05, 3.63) is 82.0 Å². The maximum atomic E-state index is 13.0. The van der Waals surface area contributed by atoms with Gasteiger partial charge < -0.3 is 10.2 Å². The first-order chi connectivity index (χ1) is 12.5. The number of hydrogen-bond acceptors (Lipinski definition) is 3. The number of carbonyl (C=O) groups excluding carboxylic acids is 2. The molecule has 2 amide bonds. The Morgan fingerprint density at radius 2 is 1.69 bits per heavy atom. The lowest BCUT2D eigenvalue weighted by atomic mass is 10.1. The number of nitrogens with one attached hydrogen (secondary N) is 1. The summed E-state index contributed by atoms with van der Waals surface area (Å²) >= 11 is 1.44. The number of anilines is 2. The van der Waals surface area contributed by atoms with Crippen LogP contribution in [0.4, 0.5) is 11.4 Å². The van der Waals surface area contributed by atoms with E-state index >= 15 is 0 Å². The Morgan fingerprint density at radius 1 is 1.00 bits per heavy atom. The first-order valence-corrected chi connectivity index (χ1v) is 9.19. The smallest absolute Gasteiger partial charge is 0.268 e. The van der Waals surface area contributed by atoms with Crippen molar-refractivity contribution in [3.63, 3.8) is 0 Å². The van der Waals surface area contributed by atoms with Crippen molar-refractivity contribution in [2.45, 2.75) is 20.4 Å². The molecule has 4 nitrogen and oxygen atoms in total. The summed E-state index contributed by atoms with van der Waals surface area (Å²) in [6, 6.07) is 19.2. The SMILES string of the molecule is CC(=O)Nc1ccc(CN(C(=O)c2cccs2)c2ccc(C)cc2)cc1. The van der Waals surface area contributed by atoms with Crippen LogP contribution in [0.15, 0.2) is 66.0 Å². The predicted octanol–water partition coefficient (Wildman–Crippen LogP) is 4.86. The first-order valence-electron chi connectivity index (χ1n) is 8.31. The van der Waals surface area contributed by atoms with E-state index in [1.165, 1.54) is 18.3 Å². The molecular formula is C21H20N2O2S. The molecule has 0 aliphatic rings. The maximum absolute atomic E-state index is 13.0. The highest BCUT2D eigenvalue weighted by Crippen LogP contribution is 2.23. The van der Waals surface area contributed by atoms with E-state index in [2.05, 4.69) is 5.32 Å². The predicted molar refractivity (Wildman–Crippen MR) is 107 cm³/mol. The normalized spacial score (nSPS) is 10.4. The summed E-state index contributed by atoms with van der Waals surface area (Å²) in [5.41, 5.74) is 3.74. The summed E-state index contributed by atoms with van der Waals surface area (Å²) in [6.07, 6.45) is 0. The molecule has 2 aromatic carbocycles. The molecule has 0 bridgehead atoms. The molecule has 0 saturated carbocycles. The average molecular weight is 364 g/mol. The van der Waals surface area contributed by atoms with Crippen LogP contribution in [-0.2, 0) is 11.3 Å². The number of aryl methyl sites for hydroxylation is 1. The van der Waals surface area contributed by atoms with Gasteiger partial charge >= 0.3 is 0 Å². The Morgan fingerprint density at radius 3 is 2.27 bits per heavy atom. The fraction of sp³-hybridized carbons (Fsp3) is 0.143. The molecule has 0 radical (unpaired) electrons. The van der Waals surface area contributed by atoms with Crippen molar-refractivity contribution in [2.75, 3.05) is 10.2 Å². The second-order valence-electron chi connectivity index (χ2n) is 6.08. The van der Waals surface area contributed by atoms with Crippen LogP contribution >= 0.6 is 11.3 Å². The summed E-state index contributed by atoms with van der Waals surface area (Å²) in [5.74, 6) is -0.123. The number of nitrogens with zero attached hydrogens (tertiary/aromatic N) is 1. The van der Waals surface area contributed by atoms with Crippen LogP contribution in [0, 0.1) is 6.92 Å². The minimum Gasteiger partial charge on any atom is -0.326 e. The van der Waals surface area contributed by atoms with Crippen molar-refractivity contribution >= 4 is 34.5 Å². The van der Waals surface area contributed by atoms with Crippen LogP contribution in [0.1, 0.15) is 27.7 Å². The topological polar surface area (TPSA) is 49.4 Å². The molecule has 0 unspecified atom stereocenters. The van der Waals surface area contributed by atoms with E-state index in [1.54, 1.807) is 4.90 Å². The van der Waals surface area contributed by atoms with E-state index in [0.717, 1.165) is 22.5 Å². The van der Waals surface area contributed by atoms with E-state index in [9.17, 15) is 9.59 Å². The van der Waals surface area contributed by atoms with Crippen LogP contribution in [0.25, 0.3) is 0 Å². The summed E-state index contributed by atoms with van der Waals surface area (Å²) in [6.45, 7) is 3.96. The third-order valence-corrected chi connectivity index (χ3v) is 4.80. The molecule has 132 valence electrons. The Balaban J connectivity index is 1.87. The van der Waals surface area contributed by atoms with Crippen molar-refractivity contribution in [2.24, 2.45) is 0 Å². The lowest BCUT2D eigenvalue weighted by Crippen LogP contribution is -2.29. The van der Waals surface area contributed by atoms with Crippen molar-refractivity contribution in [1.29, 1.82) is 0 Å². The molecule has 0 fully saturated rings. The molecule has 0 aliphatic heterocycles. The lowest BCUT2D eigenvalue weighted by Gasteiger charge is -2.23. The Hall–Kier alpha value is -2.92. The largest absolute Gasteiger partial charge is 0.326 e. The number of rotatable bonds is 5. The van der Waals surface area contributed by atoms with Crippen molar-refractivity contribution in [1.82, 2.24) is 0 Å². The number of carbonyl (C=O) groups is 2. The monoisotopic (exact) mass is 364 g/mol. The van der Waals surface area contributed by atoms with Gasteiger partial charge in [0.1, 0.15) is 0 Å². The third kappa shape index (κ3) is 4.37. The van der Waals surface area contributed by atoms with Gasteiger partial charge in [-0.25, -0.2) is 0 Å². The fourth-order valence-corrected chi connectivity index (χ4v) is 3.29. The number of thiophene rings is 1. The van der Waals surface area contributed by atoms with Crippen LogP contribution in [0.3, 0.4) is 0 Å². The first kappa shape index (κ1) is 17.9. The standard InChI is InChI=1S/C21H20N2O2S/c1-15-5-11-19(12-6-15)23(21(25)20-4-3-13-26-20)14-17-7-9-18(10-8-17)22-16(2)24/h3-13H,14H2,1-2H3,(H,22,24). The fourth-order valence-electron chi connectivity index (χ4n) is 2.62. The van der Waals surface area contributed by atoms with Gasteiger partial charge in [0.25, 0.3) is 5.91 Å². The van der Waals surface area contributed by atoms with Gasteiger partial charge in [-0.05, 0) is 48.2 Å². The molecule has 1 aromatic heterocycles. The number of amides is 2. The molecular weight excluding hydrogens is 344 g/mol. The van der Waals surface area contributed by atoms with Gasteiger partial charge in [0, 0.05) is 18.3 Å². The number of benzene rings is 2. The summed E-state index contributed by atoms with van der Waals surface area (Å²) in [5, 5.41) is 4.66. The zero-order chi connectivity index (χ0) is 18.5. The van der Waals surface area contributed by atoms with E-state index in [4.69, 9.17) is 0 Å². The number of hydrogen-bond donors (Lipinski definition) is 1. The highest BCUT2D eigenvalue weighted by Gasteiger charge is 2.19. The van der Waals surface area contributed by atoms with Crippen molar-refractivity contribution < 1.29 is 9.59 Å². The van der Waals surface area contributed by atoms with Gasteiger partial charge in [0.05, 0.1) is 11.4 Å². The molecule has 0 atom stereocenters. The lowest BCUT2D eigenvalue weighted by molar-refractivity contribution is -0.114. The van der Waals surface area contributed by atoms with Gasteiger partial charge in [-0.1, -0.05) is 35.9 Å². The van der Waals surface area contributed by atoms with Crippen LogP contribution in [-0.4, -0.2) is 11.8 Å². The Labute approximate surface area is 157 Å². The molecule has 1 N–H and O–H groups in total. The summed E-state index contributed by atoms with van der Waals surface area (Å²) < 4.78 is 0. The van der Waals surface area contributed by atoms with E-state index < -0.39 is 0 Å². The third-order valence-electron chi connectivity index (χ3n) is 3.94. The van der Waals surface area contributed by atoms with E-state index in [-0.39, 0.29) is 11.8 Å². The highest BCUT2D eigenvalue weighted by atomic mass is 32.1. The van der Waals surface area contributed by atoms with Crippen molar-refractivity contribution in [3.8, 4) is 0 Å². The van der Waals surface area contributed by atoms with Gasteiger partial charge in [-0.15, -0.1) is 11.3 Å². The second kappa shape index (κ2) is 7.97. The van der Waals surface area contributed by atoms with Gasteiger partial charge in [0.2, 0.25) is 5.91 Å². The van der Waals surface area contributed by atoms with Crippen LogP contribution < -0.4 is 10.2 Å². The average Bonchev–Trinajstić information content (AvgIpc) is 3.16. The minimum absolute atomic E-state index is 0.0187. The van der Waals surface area contributed by atoms with Crippen LogP contribution in [0.5, 0.6) is 0 Å². The Kier molecular flexibility index (Phi) is 5.49. The molecule has 3 rings (SSSR count). The second-order valence-corrected chi connectivity index (χ2v) is 7.03. The molecule has 3 aromatic rings.